The van der Waals surface area contributed by atoms with Crippen LogP contribution in [0.2, 0.25) is 0 Å². The van der Waals surface area contributed by atoms with Gasteiger partial charge in [-0.25, -0.2) is 0 Å². The van der Waals surface area contributed by atoms with Crippen LogP contribution in [0, 0.1) is 0 Å². The summed E-state index contributed by atoms with van der Waals surface area (Å²) >= 11 is 0. The lowest BCUT2D eigenvalue weighted by Gasteiger charge is -2.22. The van der Waals surface area contributed by atoms with Crippen molar-refractivity contribution >= 4 is 11.9 Å². The lowest BCUT2D eigenvalue weighted by atomic mass is 10.0. The first kappa shape index (κ1) is 65.1. The summed E-state index contributed by atoms with van der Waals surface area (Å²) in [6, 6.07) is -0.545. The van der Waals surface area contributed by atoms with E-state index in [4.69, 9.17) is 4.74 Å². The molecule has 0 aromatic carbocycles. The molecule has 0 aromatic heterocycles. The van der Waals surface area contributed by atoms with Gasteiger partial charge in [-0.3, -0.25) is 9.59 Å². The van der Waals surface area contributed by atoms with Crippen molar-refractivity contribution in [3.8, 4) is 0 Å². The van der Waals surface area contributed by atoms with Crippen LogP contribution in [0.4, 0.5) is 0 Å². The molecule has 0 aromatic rings. The summed E-state index contributed by atoms with van der Waals surface area (Å²) in [6.07, 6.45) is 70.1. The summed E-state index contributed by atoms with van der Waals surface area (Å²) in [5, 5.41) is 23.2. The van der Waals surface area contributed by atoms with E-state index in [0.29, 0.717) is 25.9 Å². The van der Waals surface area contributed by atoms with Gasteiger partial charge in [-0.15, -0.1) is 0 Å². The zero-order valence-corrected chi connectivity index (χ0v) is 44.9. The third-order valence-electron chi connectivity index (χ3n) is 13.7. The topological polar surface area (TPSA) is 95.9 Å². The Morgan fingerprint density at radius 3 is 1.15 bits per heavy atom. The molecule has 0 rings (SSSR count). The second kappa shape index (κ2) is 56.7. The number of unbranched alkanes of at least 4 members (excludes halogenated alkanes) is 38. The minimum absolute atomic E-state index is 0.0396. The third kappa shape index (κ3) is 53.3. The van der Waals surface area contributed by atoms with E-state index >= 15 is 0 Å². The third-order valence-corrected chi connectivity index (χ3v) is 13.7. The van der Waals surface area contributed by atoms with Crippen molar-refractivity contribution in [1.82, 2.24) is 5.32 Å². The van der Waals surface area contributed by atoms with Crippen molar-refractivity contribution in [2.24, 2.45) is 0 Å². The van der Waals surface area contributed by atoms with Crippen LogP contribution < -0.4 is 5.32 Å². The predicted molar refractivity (Wildman–Crippen MR) is 292 cm³/mol. The second-order valence-electron chi connectivity index (χ2n) is 20.3. The quantitative estimate of drug-likeness (QED) is 0.0321. The molecule has 0 saturated carbocycles. The Labute approximate surface area is 417 Å². The number of carbonyl (C=O) groups excluding carboxylic acids is 2. The summed E-state index contributed by atoms with van der Waals surface area (Å²) in [4.78, 5) is 24.5. The van der Waals surface area contributed by atoms with Crippen LogP contribution >= 0.6 is 0 Å². The number of hydrogen-bond acceptors (Lipinski definition) is 5. The molecule has 2 atom stereocenters. The standard InChI is InChI=1S/C61H115NO5/c1-3-5-7-9-11-13-15-17-18-27-31-35-39-43-47-51-55-61(66)67-56-52-48-44-40-36-32-28-25-23-21-19-20-22-24-26-30-34-38-42-46-50-54-60(65)62-58(57-63)59(64)53-49-45-41-37-33-29-16-14-12-10-8-6-4-2/h18,27,32,36,44,48,58-59,63-64H,3-17,19-26,28-31,33-35,37-43,45-47,49-57H2,1-2H3,(H,62,65)/b27-18-,36-32-,48-44-. The number of nitrogens with one attached hydrogen (secondary N) is 1. The number of ether oxygens (including phenoxy) is 1. The first-order valence-corrected chi connectivity index (χ1v) is 29.7. The average molecular weight is 943 g/mol. The van der Waals surface area contributed by atoms with Crippen LogP contribution in [0.15, 0.2) is 36.5 Å². The SMILES string of the molecule is CCCCCCCCC/C=C\CCCCCCCC(=O)OCC/C=C\C/C=C\CCCCCCCCCCCCCCCCC(=O)NC(CO)C(O)CCCCCCCCCCCCCCC. The van der Waals surface area contributed by atoms with Crippen molar-refractivity contribution in [2.75, 3.05) is 13.2 Å². The molecule has 3 N–H and O–H groups in total. The Balaban J connectivity index is 3.45. The fourth-order valence-corrected chi connectivity index (χ4v) is 9.12. The molecule has 0 bridgehead atoms. The van der Waals surface area contributed by atoms with E-state index in [1.165, 1.54) is 231 Å². The highest BCUT2D eigenvalue weighted by atomic mass is 16.5. The first-order chi connectivity index (χ1) is 33.0. The average Bonchev–Trinajstić information content (AvgIpc) is 3.33. The van der Waals surface area contributed by atoms with Gasteiger partial charge < -0.3 is 20.3 Å². The Morgan fingerprint density at radius 2 is 0.746 bits per heavy atom. The summed E-state index contributed by atoms with van der Waals surface area (Å²) in [5.74, 6) is -0.0823. The van der Waals surface area contributed by atoms with Crippen LogP contribution in [0.3, 0.4) is 0 Å². The monoisotopic (exact) mass is 942 g/mol. The maximum absolute atomic E-state index is 12.5. The van der Waals surface area contributed by atoms with Gasteiger partial charge in [0.2, 0.25) is 5.91 Å². The Morgan fingerprint density at radius 1 is 0.418 bits per heavy atom. The Kier molecular flexibility index (Phi) is 55.0. The second-order valence-corrected chi connectivity index (χ2v) is 20.3. The van der Waals surface area contributed by atoms with Crippen molar-refractivity contribution < 1.29 is 24.5 Å². The summed E-state index contributed by atoms with van der Waals surface area (Å²) in [7, 11) is 0. The number of aliphatic hydroxyl groups excluding tert-OH is 2. The van der Waals surface area contributed by atoms with Crippen molar-refractivity contribution in [2.45, 2.75) is 328 Å². The fourth-order valence-electron chi connectivity index (χ4n) is 9.12. The molecule has 0 spiro atoms. The van der Waals surface area contributed by atoms with Crippen LogP contribution in [0.1, 0.15) is 316 Å². The minimum atomic E-state index is -0.667. The van der Waals surface area contributed by atoms with Crippen LogP contribution in [-0.4, -0.2) is 47.4 Å². The Bertz CT molecular complexity index is 1090. The zero-order chi connectivity index (χ0) is 48.6. The number of aliphatic hydroxyl groups is 2. The van der Waals surface area contributed by atoms with Gasteiger partial charge in [-0.1, -0.05) is 269 Å². The minimum Gasteiger partial charge on any atom is -0.465 e. The van der Waals surface area contributed by atoms with Gasteiger partial charge in [0.15, 0.2) is 0 Å². The van der Waals surface area contributed by atoms with E-state index in [2.05, 4.69) is 55.6 Å². The highest BCUT2D eigenvalue weighted by Crippen LogP contribution is 2.17. The molecule has 6 nitrogen and oxygen atoms in total. The number of esters is 1. The number of allylic oxidation sites excluding steroid dienone is 5. The molecule has 0 radical (unpaired) electrons. The summed E-state index contributed by atoms with van der Waals surface area (Å²) in [5.41, 5.74) is 0. The van der Waals surface area contributed by atoms with E-state index in [-0.39, 0.29) is 18.5 Å². The van der Waals surface area contributed by atoms with Crippen LogP contribution in [0.5, 0.6) is 0 Å². The highest BCUT2D eigenvalue weighted by molar-refractivity contribution is 5.76. The van der Waals surface area contributed by atoms with E-state index in [1.807, 2.05) is 0 Å². The maximum Gasteiger partial charge on any atom is 0.305 e. The predicted octanol–water partition coefficient (Wildman–Crippen LogP) is 18.4. The molecule has 2 unspecified atom stereocenters. The van der Waals surface area contributed by atoms with Crippen molar-refractivity contribution in [1.29, 1.82) is 0 Å². The van der Waals surface area contributed by atoms with E-state index in [9.17, 15) is 19.8 Å². The molecule has 67 heavy (non-hydrogen) atoms. The van der Waals surface area contributed by atoms with E-state index in [0.717, 1.165) is 51.4 Å². The highest BCUT2D eigenvalue weighted by Gasteiger charge is 2.20. The van der Waals surface area contributed by atoms with Gasteiger partial charge in [0.05, 0.1) is 25.4 Å². The molecular weight excluding hydrogens is 827 g/mol. The molecule has 6 heteroatoms. The van der Waals surface area contributed by atoms with E-state index < -0.39 is 12.1 Å². The molecule has 0 aliphatic carbocycles. The van der Waals surface area contributed by atoms with Gasteiger partial charge in [0.1, 0.15) is 0 Å². The van der Waals surface area contributed by atoms with Gasteiger partial charge in [0.25, 0.3) is 0 Å². The fraction of sp³-hybridized carbons (Fsp3) is 0.869. The van der Waals surface area contributed by atoms with Crippen molar-refractivity contribution in [3.63, 3.8) is 0 Å². The van der Waals surface area contributed by atoms with Crippen molar-refractivity contribution in [3.05, 3.63) is 36.5 Å². The normalized spacial score (nSPS) is 12.8. The van der Waals surface area contributed by atoms with Gasteiger partial charge in [0, 0.05) is 12.8 Å². The number of hydrogen-bond donors (Lipinski definition) is 3. The van der Waals surface area contributed by atoms with Gasteiger partial charge >= 0.3 is 5.97 Å². The molecule has 1 amide bonds. The number of amides is 1. The molecule has 0 saturated heterocycles. The lowest BCUT2D eigenvalue weighted by molar-refractivity contribution is -0.143. The van der Waals surface area contributed by atoms with Crippen LogP contribution in [0.25, 0.3) is 0 Å². The maximum atomic E-state index is 12.5. The summed E-state index contributed by atoms with van der Waals surface area (Å²) in [6.45, 7) is 4.84. The van der Waals surface area contributed by atoms with Gasteiger partial charge in [-0.2, -0.15) is 0 Å². The first-order valence-electron chi connectivity index (χ1n) is 29.7. The van der Waals surface area contributed by atoms with Gasteiger partial charge in [-0.05, 0) is 70.6 Å². The molecular formula is C61H115NO5. The molecule has 0 fully saturated rings. The molecule has 0 aliphatic heterocycles. The Hall–Kier alpha value is -1.92. The molecule has 394 valence electrons. The van der Waals surface area contributed by atoms with E-state index in [1.54, 1.807) is 0 Å². The molecule has 0 aliphatic rings. The van der Waals surface area contributed by atoms with Crippen LogP contribution in [-0.2, 0) is 14.3 Å². The lowest BCUT2D eigenvalue weighted by Crippen LogP contribution is -2.45. The number of carbonyl (C=O) groups is 2. The number of rotatable bonds is 55. The zero-order valence-electron chi connectivity index (χ0n) is 44.9. The summed E-state index contributed by atoms with van der Waals surface area (Å²) < 4.78 is 5.42. The largest absolute Gasteiger partial charge is 0.465 e. The molecule has 0 heterocycles. The smallest absolute Gasteiger partial charge is 0.305 e.